The van der Waals surface area contributed by atoms with Crippen molar-refractivity contribution in [1.29, 1.82) is 0 Å². The minimum Gasteiger partial charge on any atom is -0.477 e. The second-order valence-electron chi connectivity index (χ2n) is 5.04. The molecule has 0 bridgehead atoms. The van der Waals surface area contributed by atoms with E-state index >= 15 is 0 Å². The topological polar surface area (TPSA) is 65.5 Å². The number of aromatic nitrogens is 2. The molecule has 1 aromatic rings. The third-order valence-electron chi connectivity index (χ3n) is 3.35. The Bertz CT molecular complexity index is 423. The monoisotopic (exact) mass is 295 g/mol. The van der Waals surface area contributed by atoms with Gasteiger partial charge in [0.05, 0.1) is 6.61 Å². The van der Waals surface area contributed by atoms with Gasteiger partial charge in [0.15, 0.2) is 5.82 Å². The van der Waals surface area contributed by atoms with Gasteiger partial charge < -0.3 is 19.5 Å². The first kappa shape index (κ1) is 16.0. The molecule has 0 saturated carbocycles. The van der Waals surface area contributed by atoms with Gasteiger partial charge >= 0.3 is 0 Å². The van der Waals surface area contributed by atoms with E-state index in [2.05, 4.69) is 15.3 Å². The Balaban J connectivity index is 1.96. The molecule has 0 aromatic carbocycles. The lowest BCUT2D eigenvalue weighted by molar-refractivity contribution is 0.0488. The molecule has 21 heavy (non-hydrogen) atoms. The molecule has 1 aliphatic heterocycles. The van der Waals surface area contributed by atoms with Crippen molar-refractivity contribution in [2.45, 2.75) is 33.3 Å². The van der Waals surface area contributed by atoms with Crippen LogP contribution in [0.5, 0.6) is 5.88 Å². The second-order valence-corrected chi connectivity index (χ2v) is 5.04. The highest BCUT2D eigenvalue weighted by Crippen LogP contribution is 2.19. The van der Waals surface area contributed by atoms with Crippen LogP contribution >= 0.6 is 0 Å². The van der Waals surface area contributed by atoms with Gasteiger partial charge in [0.1, 0.15) is 12.4 Å². The zero-order valence-corrected chi connectivity index (χ0v) is 12.9. The van der Waals surface area contributed by atoms with E-state index in [1.54, 1.807) is 0 Å². The molecule has 1 aromatic heterocycles. The van der Waals surface area contributed by atoms with Gasteiger partial charge in [-0.3, -0.25) is 0 Å². The maximum Gasteiger partial charge on any atom is 0.218 e. The summed E-state index contributed by atoms with van der Waals surface area (Å²) >= 11 is 0. The third-order valence-corrected chi connectivity index (χ3v) is 3.35. The Morgan fingerprint density at radius 2 is 2.10 bits per heavy atom. The first-order valence-corrected chi connectivity index (χ1v) is 7.72. The summed E-state index contributed by atoms with van der Waals surface area (Å²) < 4.78 is 16.6. The van der Waals surface area contributed by atoms with Gasteiger partial charge in [0, 0.05) is 32.4 Å². The standard InChI is InChI=1S/C15H25N3O3/c1-3-16-13-9-15(18-14(17-13)11-19-4-2)21-10-12-5-7-20-8-6-12/h9,12H,3-8,10-11H2,1-2H3,(H,16,17,18). The van der Waals surface area contributed by atoms with Gasteiger partial charge in [-0.2, -0.15) is 4.98 Å². The summed E-state index contributed by atoms with van der Waals surface area (Å²) in [6.45, 7) is 8.19. The first-order valence-electron chi connectivity index (χ1n) is 7.72. The zero-order valence-electron chi connectivity index (χ0n) is 12.9. The molecular formula is C15H25N3O3. The average Bonchev–Trinajstić information content (AvgIpc) is 2.52. The van der Waals surface area contributed by atoms with E-state index in [0.29, 0.717) is 37.4 Å². The fourth-order valence-corrected chi connectivity index (χ4v) is 2.19. The Kier molecular flexibility index (Phi) is 6.69. The number of nitrogens with zero attached hydrogens (tertiary/aromatic N) is 2. The van der Waals surface area contributed by atoms with Crippen LogP contribution in [0.4, 0.5) is 5.82 Å². The second kappa shape index (κ2) is 8.79. The van der Waals surface area contributed by atoms with E-state index in [4.69, 9.17) is 14.2 Å². The Hall–Kier alpha value is -1.40. The summed E-state index contributed by atoms with van der Waals surface area (Å²) in [6.07, 6.45) is 2.11. The van der Waals surface area contributed by atoms with Crippen LogP contribution in [0.3, 0.4) is 0 Å². The highest BCUT2D eigenvalue weighted by atomic mass is 16.5. The number of hydrogen-bond donors (Lipinski definition) is 1. The molecule has 0 radical (unpaired) electrons. The van der Waals surface area contributed by atoms with Gasteiger partial charge in [0.25, 0.3) is 0 Å². The van der Waals surface area contributed by atoms with Crippen LogP contribution in [0.25, 0.3) is 0 Å². The van der Waals surface area contributed by atoms with E-state index in [1.807, 2.05) is 19.9 Å². The van der Waals surface area contributed by atoms with E-state index in [1.165, 1.54) is 0 Å². The van der Waals surface area contributed by atoms with E-state index < -0.39 is 0 Å². The van der Waals surface area contributed by atoms with Crippen molar-refractivity contribution in [2.24, 2.45) is 5.92 Å². The molecule has 1 aliphatic rings. The van der Waals surface area contributed by atoms with Crippen molar-refractivity contribution in [3.05, 3.63) is 11.9 Å². The predicted molar refractivity (Wildman–Crippen MR) is 80.6 cm³/mol. The Morgan fingerprint density at radius 1 is 1.29 bits per heavy atom. The SMILES string of the molecule is CCNc1cc(OCC2CCOCC2)nc(COCC)n1. The maximum absolute atomic E-state index is 5.85. The van der Waals surface area contributed by atoms with E-state index in [-0.39, 0.29) is 0 Å². The number of ether oxygens (including phenoxy) is 3. The third kappa shape index (κ3) is 5.47. The summed E-state index contributed by atoms with van der Waals surface area (Å²) in [5.74, 6) is 2.59. The molecule has 1 fully saturated rings. The van der Waals surface area contributed by atoms with Gasteiger partial charge in [-0.15, -0.1) is 0 Å². The normalized spacial score (nSPS) is 15.9. The number of hydrogen-bond acceptors (Lipinski definition) is 6. The molecular weight excluding hydrogens is 270 g/mol. The highest BCUT2D eigenvalue weighted by molar-refractivity contribution is 5.38. The molecule has 118 valence electrons. The molecule has 0 aliphatic carbocycles. The van der Waals surface area contributed by atoms with Crippen LogP contribution in [0.1, 0.15) is 32.5 Å². The predicted octanol–water partition coefficient (Wildman–Crippen LogP) is 2.25. The van der Waals surface area contributed by atoms with Crippen LogP contribution in [-0.4, -0.2) is 42.9 Å². The molecule has 0 spiro atoms. The average molecular weight is 295 g/mol. The van der Waals surface area contributed by atoms with E-state index in [0.717, 1.165) is 38.4 Å². The van der Waals surface area contributed by atoms with Crippen molar-refractivity contribution >= 4 is 5.82 Å². The van der Waals surface area contributed by atoms with Crippen LogP contribution in [0, 0.1) is 5.92 Å². The summed E-state index contributed by atoms with van der Waals surface area (Å²) in [5.41, 5.74) is 0. The van der Waals surface area contributed by atoms with Gasteiger partial charge in [0.2, 0.25) is 5.88 Å². The van der Waals surface area contributed by atoms with Gasteiger partial charge in [-0.25, -0.2) is 4.98 Å². The van der Waals surface area contributed by atoms with Crippen molar-refractivity contribution in [3.8, 4) is 5.88 Å². The zero-order chi connectivity index (χ0) is 14.9. The molecule has 0 unspecified atom stereocenters. The molecule has 6 nitrogen and oxygen atoms in total. The summed E-state index contributed by atoms with van der Waals surface area (Å²) in [7, 11) is 0. The smallest absolute Gasteiger partial charge is 0.218 e. The van der Waals surface area contributed by atoms with Gasteiger partial charge in [-0.05, 0) is 32.6 Å². The first-order chi connectivity index (χ1) is 10.3. The van der Waals surface area contributed by atoms with Crippen molar-refractivity contribution in [1.82, 2.24) is 9.97 Å². The molecule has 6 heteroatoms. The molecule has 0 amide bonds. The lowest BCUT2D eigenvalue weighted by atomic mass is 10.0. The maximum atomic E-state index is 5.85. The van der Waals surface area contributed by atoms with Crippen LogP contribution in [0.15, 0.2) is 6.07 Å². The summed E-state index contributed by atoms with van der Waals surface area (Å²) in [4.78, 5) is 8.82. The van der Waals surface area contributed by atoms with Crippen molar-refractivity contribution in [3.63, 3.8) is 0 Å². The number of rotatable bonds is 8. The molecule has 1 N–H and O–H groups in total. The lowest BCUT2D eigenvalue weighted by Crippen LogP contribution is -2.22. The van der Waals surface area contributed by atoms with E-state index in [9.17, 15) is 0 Å². The van der Waals surface area contributed by atoms with Crippen LogP contribution in [0.2, 0.25) is 0 Å². The molecule has 0 atom stereocenters. The van der Waals surface area contributed by atoms with Crippen LogP contribution < -0.4 is 10.1 Å². The number of nitrogens with one attached hydrogen (secondary N) is 1. The highest BCUT2D eigenvalue weighted by Gasteiger charge is 2.15. The van der Waals surface area contributed by atoms with Crippen LogP contribution in [-0.2, 0) is 16.1 Å². The lowest BCUT2D eigenvalue weighted by Gasteiger charge is -2.22. The summed E-state index contributed by atoms with van der Waals surface area (Å²) in [5, 5.41) is 3.20. The fraction of sp³-hybridized carbons (Fsp3) is 0.733. The fourth-order valence-electron chi connectivity index (χ4n) is 2.19. The minimum absolute atomic E-state index is 0.406. The Labute approximate surface area is 126 Å². The Morgan fingerprint density at radius 3 is 2.81 bits per heavy atom. The number of anilines is 1. The molecule has 2 heterocycles. The molecule has 1 saturated heterocycles. The molecule has 2 rings (SSSR count). The minimum atomic E-state index is 0.406. The van der Waals surface area contributed by atoms with Crippen molar-refractivity contribution in [2.75, 3.05) is 38.3 Å². The van der Waals surface area contributed by atoms with Crippen molar-refractivity contribution < 1.29 is 14.2 Å². The largest absolute Gasteiger partial charge is 0.477 e. The summed E-state index contributed by atoms with van der Waals surface area (Å²) in [6, 6.07) is 1.85. The quantitative estimate of drug-likeness (QED) is 0.793. The van der Waals surface area contributed by atoms with Gasteiger partial charge in [-0.1, -0.05) is 0 Å².